The van der Waals surface area contributed by atoms with E-state index in [1.807, 2.05) is 0 Å². The minimum atomic E-state index is -0.657. The third-order valence-electron chi connectivity index (χ3n) is 3.83. The van der Waals surface area contributed by atoms with E-state index in [2.05, 4.69) is 5.32 Å². The molecule has 9 heteroatoms. The number of nitrogens with one attached hydrogen (secondary N) is 1. The van der Waals surface area contributed by atoms with Crippen LogP contribution in [0.5, 0.6) is 0 Å². The first kappa shape index (κ1) is 17.9. The Labute approximate surface area is 152 Å². The lowest BCUT2D eigenvalue weighted by molar-refractivity contribution is -0.402. The normalized spacial score (nSPS) is 13.0. The highest BCUT2D eigenvalue weighted by Crippen LogP contribution is 2.39. The number of anilines is 1. The van der Waals surface area contributed by atoms with Gasteiger partial charge < -0.3 is 14.5 Å². The van der Waals surface area contributed by atoms with Crippen molar-refractivity contribution in [2.75, 3.05) is 11.9 Å². The summed E-state index contributed by atoms with van der Waals surface area (Å²) in [5.74, 6) is -1.11. The second-order valence-electron chi connectivity index (χ2n) is 5.54. The zero-order chi connectivity index (χ0) is 18.7. The molecule has 0 aliphatic heterocycles. The molecule has 2 aromatic heterocycles. The highest BCUT2D eigenvalue weighted by molar-refractivity contribution is 7.17. The van der Waals surface area contributed by atoms with Crippen LogP contribution in [0.3, 0.4) is 0 Å². The maximum absolute atomic E-state index is 12.3. The molecule has 0 spiro atoms. The summed E-state index contributed by atoms with van der Waals surface area (Å²) in [6.45, 7) is 1.99. The van der Waals surface area contributed by atoms with Gasteiger partial charge in [-0.25, -0.2) is 4.79 Å². The number of fused-ring (bicyclic) bond motifs is 1. The lowest BCUT2D eigenvalue weighted by Crippen LogP contribution is -2.13. The molecule has 1 aliphatic rings. The maximum atomic E-state index is 12.3. The number of aryl methyl sites for hydroxylation is 1. The summed E-state index contributed by atoms with van der Waals surface area (Å²) in [4.78, 5) is 35.4. The van der Waals surface area contributed by atoms with Gasteiger partial charge in [-0.05, 0) is 43.9 Å². The minimum absolute atomic E-state index is 0.186. The SMILES string of the molecule is CCOC(=O)c1c(NC(=O)/C=C/c2ccc([N+](=O)[O-])o2)sc2c1CCC2. The summed E-state index contributed by atoms with van der Waals surface area (Å²) in [6, 6.07) is 2.60. The van der Waals surface area contributed by atoms with Crippen LogP contribution in [-0.4, -0.2) is 23.4 Å². The third kappa shape index (κ3) is 3.67. The smallest absolute Gasteiger partial charge is 0.433 e. The number of thiophene rings is 1. The molecule has 0 atom stereocenters. The number of ether oxygens (including phenoxy) is 1. The zero-order valence-corrected chi connectivity index (χ0v) is 14.8. The van der Waals surface area contributed by atoms with E-state index in [9.17, 15) is 19.7 Å². The Morgan fingerprint density at radius 2 is 2.23 bits per heavy atom. The van der Waals surface area contributed by atoms with E-state index >= 15 is 0 Å². The largest absolute Gasteiger partial charge is 0.462 e. The summed E-state index contributed by atoms with van der Waals surface area (Å²) in [7, 11) is 0. The van der Waals surface area contributed by atoms with Crippen molar-refractivity contribution in [2.45, 2.75) is 26.2 Å². The van der Waals surface area contributed by atoms with Crippen molar-refractivity contribution < 1.29 is 23.7 Å². The van der Waals surface area contributed by atoms with Crippen LogP contribution in [0, 0.1) is 10.1 Å². The lowest BCUT2D eigenvalue weighted by atomic mass is 10.1. The van der Waals surface area contributed by atoms with Crippen LogP contribution in [0.15, 0.2) is 22.6 Å². The molecule has 0 aromatic carbocycles. The topological polar surface area (TPSA) is 112 Å². The van der Waals surface area contributed by atoms with Gasteiger partial charge in [0.25, 0.3) is 0 Å². The van der Waals surface area contributed by atoms with E-state index in [0.717, 1.165) is 29.7 Å². The van der Waals surface area contributed by atoms with Crippen molar-refractivity contribution in [1.82, 2.24) is 0 Å². The molecule has 136 valence electrons. The fourth-order valence-electron chi connectivity index (χ4n) is 2.75. The summed E-state index contributed by atoms with van der Waals surface area (Å²) in [5.41, 5.74) is 1.38. The Balaban J connectivity index is 1.75. The van der Waals surface area contributed by atoms with Crippen LogP contribution in [0.25, 0.3) is 6.08 Å². The Hall–Kier alpha value is -2.94. The highest BCUT2D eigenvalue weighted by atomic mass is 32.1. The predicted octanol–water partition coefficient (Wildman–Crippen LogP) is 3.57. The zero-order valence-electron chi connectivity index (χ0n) is 13.9. The van der Waals surface area contributed by atoms with Crippen molar-refractivity contribution in [3.05, 3.63) is 50.1 Å². The number of nitro groups is 1. The van der Waals surface area contributed by atoms with Gasteiger partial charge >= 0.3 is 11.9 Å². The molecule has 3 rings (SSSR count). The van der Waals surface area contributed by atoms with E-state index in [4.69, 9.17) is 9.15 Å². The Morgan fingerprint density at radius 3 is 2.92 bits per heavy atom. The average molecular weight is 376 g/mol. The fourth-order valence-corrected chi connectivity index (χ4v) is 4.03. The van der Waals surface area contributed by atoms with E-state index < -0.39 is 22.7 Å². The van der Waals surface area contributed by atoms with Crippen LogP contribution in [0.2, 0.25) is 0 Å². The molecule has 2 heterocycles. The molecule has 0 saturated carbocycles. The summed E-state index contributed by atoms with van der Waals surface area (Å²) < 4.78 is 10.1. The average Bonchev–Trinajstić information content (AvgIpc) is 3.28. The van der Waals surface area contributed by atoms with Crippen LogP contribution in [0.1, 0.15) is 39.9 Å². The van der Waals surface area contributed by atoms with Crippen molar-refractivity contribution >= 4 is 40.2 Å². The van der Waals surface area contributed by atoms with Gasteiger partial charge in [0, 0.05) is 11.0 Å². The lowest BCUT2D eigenvalue weighted by Gasteiger charge is -2.06. The molecule has 0 fully saturated rings. The van der Waals surface area contributed by atoms with Gasteiger partial charge in [-0.15, -0.1) is 11.3 Å². The Kier molecular flexibility index (Phi) is 5.17. The quantitative estimate of drug-likeness (QED) is 0.357. The first-order chi connectivity index (χ1) is 12.5. The molecule has 0 bridgehead atoms. The standard InChI is InChI=1S/C17H16N2O6S/c1-2-24-17(21)15-11-4-3-5-12(11)26-16(15)18-13(20)8-6-10-7-9-14(25-10)19(22)23/h6-9H,2-5H2,1H3,(H,18,20)/b8-6+. The molecular weight excluding hydrogens is 360 g/mol. The van der Waals surface area contributed by atoms with Crippen LogP contribution in [0.4, 0.5) is 10.9 Å². The van der Waals surface area contributed by atoms with Gasteiger partial charge in [0.05, 0.1) is 18.2 Å². The number of carbonyl (C=O) groups excluding carboxylic acids is 2. The number of esters is 1. The van der Waals surface area contributed by atoms with Crippen molar-refractivity contribution in [3.8, 4) is 0 Å². The van der Waals surface area contributed by atoms with E-state index in [1.54, 1.807) is 6.92 Å². The van der Waals surface area contributed by atoms with E-state index in [-0.39, 0.29) is 12.4 Å². The van der Waals surface area contributed by atoms with Gasteiger partial charge in [0.2, 0.25) is 5.91 Å². The highest BCUT2D eigenvalue weighted by Gasteiger charge is 2.28. The number of furan rings is 1. The van der Waals surface area contributed by atoms with Crippen molar-refractivity contribution in [2.24, 2.45) is 0 Å². The van der Waals surface area contributed by atoms with Crippen LogP contribution < -0.4 is 5.32 Å². The molecule has 1 aliphatic carbocycles. The summed E-state index contributed by atoms with van der Waals surface area (Å²) >= 11 is 1.38. The second kappa shape index (κ2) is 7.52. The first-order valence-electron chi connectivity index (χ1n) is 8.04. The van der Waals surface area contributed by atoms with Crippen LogP contribution >= 0.6 is 11.3 Å². The summed E-state index contributed by atoms with van der Waals surface area (Å²) in [5, 5.41) is 13.7. The number of amides is 1. The second-order valence-corrected chi connectivity index (χ2v) is 6.64. The number of hydrogen-bond donors (Lipinski definition) is 1. The summed E-state index contributed by atoms with van der Waals surface area (Å²) in [6.07, 6.45) is 5.19. The molecule has 0 unspecified atom stereocenters. The first-order valence-corrected chi connectivity index (χ1v) is 8.86. The van der Waals surface area contributed by atoms with Crippen molar-refractivity contribution in [1.29, 1.82) is 0 Å². The molecule has 1 N–H and O–H groups in total. The molecule has 0 saturated heterocycles. The number of rotatable bonds is 6. The van der Waals surface area contributed by atoms with Gasteiger partial charge in [-0.3, -0.25) is 14.9 Å². The van der Waals surface area contributed by atoms with Crippen molar-refractivity contribution in [3.63, 3.8) is 0 Å². The van der Waals surface area contributed by atoms with Crippen LogP contribution in [-0.2, 0) is 22.4 Å². The number of hydrogen-bond acceptors (Lipinski definition) is 7. The molecule has 0 radical (unpaired) electrons. The van der Waals surface area contributed by atoms with Gasteiger partial charge in [0.15, 0.2) is 0 Å². The molecule has 1 amide bonds. The molecule has 8 nitrogen and oxygen atoms in total. The van der Waals surface area contributed by atoms with Gasteiger partial charge in [-0.2, -0.15) is 0 Å². The Morgan fingerprint density at radius 1 is 1.42 bits per heavy atom. The van der Waals surface area contributed by atoms with Gasteiger partial charge in [0.1, 0.15) is 15.7 Å². The molecule has 2 aromatic rings. The number of carbonyl (C=O) groups is 2. The van der Waals surface area contributed by atoms with Gasteiger partial charge in [-0.1, -0.05) is 0 Å². The Bertz CT molecular complexity index is 895. The van der Waals surface area contributed by atoms with E-state index in [1.165, 1.54) is 35.6 Å². The number of nitrogens with zero attached hydrogens (tertiary/aromatic N) is 1. The monoisotopic (exact) mass is 376 g/mol. The fraction of sp³-hybridized carbons (Fsp3) is 0.294. The van der Waals surface area contributed by atoms with E-state index in [0.29, 0.717) is 10.6 Å². The third-order valence-corrected chi connectivity index (χ3v) is 5.04. The molecular formula is C17H16N2O6S. The maximum Gasteiger partial charge on any atom is 0.433 e. The minimum Gasteiger partial charge on any atom is -0.462 e. The predicted molar refractivity (Wildman–Crippen MR) is 95.3 cm³/mol. The molecule has 26 heavy (non-hydrogen) atoms.